The van der Waals surface area contributed by atoms with Crippen molar-refractivity contribution in [2.75, 3.05) is 7.05 Å². The number of nitrogens with zero attached hydrogens (tertiary/aromatic N) is 2. The maximum absolute atomic E-state index is 12.5. The molecule has 0 fully saturated rings. The molecule has 7 heteroatoms. The molecule has 0 amide bonds. The summed E-state index contributed by atoms with van der Waals surface area (Å²) in [7, 11) is 1.74. The first-order chi connectivity index (χ1) is 8.91. The van der Waals surface area contributed by atoms with Gasteiger partial charge in [0, 0.05) is 17.8 Å². The van der Waals surface area contributed by atoms with E-state index in [0.29, 0.717) is 17.3 Å². The number of alkyl halides is 3. The van der Waals surface area contributed by atoms with Crippen molar-refractivity contribution in [3.05, 3.63) is 46.7 Å². The molecule has 1 aromatic heterocycles. The summed E-state index contributed by atoms with van der Waals surface area (Å²) in [6.07, 6.45) is -2.63. The molecule has 0 bridgehead atoms. The Labute approximate surface area is 113 Å². The van der Waals surface area contributed by atoms with Crippen molar-refractivity contribution in [3.8, 4) is 5.69 Å². The maximum Gasteiger partial charge on any atom is 0.419 e. The number of rotatable bonds is 3. The Kier molecular flexibility index (Phi) is 3.82. The summed E-state index contributed by atoms with van der Waals surface area (Å²) >= 11 is 5.88. The standard InChI is InChI=1S/C12H11ClF3N3/c1-17-5-8-4-10(13)2-3-11(8)19-7-9(6-18-19)12(14,15)16/h2-4,6-7,17H,5H2,1H3. The van der Waals surface area contributed by atoms with Crippen molar-refractivity contribution >= 4 is 11.6 Å². The molecule has 0 saturated carbocycles. The van der Waals surface area contributed by atoms with Crippen LogP contribution in [-0.4, -0.2) is 16.8 Å². The Balaban J connectivity index is 2.44. The number of halogens is 4. The maximum atomic E-state index is 12.5. The summed E-state index contributed by atoms with van der Waals surface area (Å²) in [5, 5.41) is 7.21. The lowest BCUT2D eigenvalue weighted by molar-refractivity contribution is -0.137. The van der Waals surface area contributed by atoms with E-state index in [1.54, 1.807) is 25.2 Å². The number of nitrogens with one attached hydrogen (secondary N) is 1. The Hall–Kier alpha value is -1.53. The average Bonchev–Trinajstić information content (AvgIpc) is 2.78. The molecule has 2 rings (SSSR count). The molecule has 0 aliphatic rings. The zero-order valence-electron chi connectivity index (χ0n) is 10.0. The van der Waals surface area contributed by atoms with Gasteiger partial charge in [0.1, 0.15) is 0 Å². The number of hydrogen-bond donors (Lipinski definition) is 1. The van der Waals surface area contributed by atoms with Crippen LogP contribution in [0.1, 0.15) is 11.1 Å². The molecular formula is C12H11ClF3N3. The van der Waals surface area contributed by atoms with Gasteiger partial charge in [-0.05, 0) is 30.8 Å². The summed E-state index contributed by atoms with van der Waals surface area (Å²) < 4.78 is 38.8. The molecule has 2 aromatic rings. The monoisotopic (exact) mass is 289 g/mol. The molecule has 0 spiro atoms. The molecule has 1 aromatic carbocycles. The van der Waals surface area contributed by atoms with Crippen LogP contribution < -0.4 is 5.32 Å². The van der Waals surface area contributed by atoms with E-state index in [-0.39, 0.29) is 0 Å². The zero-order valence-corrected chi connectivity index (χ0v) is 10.8. The van der Waals surface area contributed by atoms with E-state index in [0.717, 1.165) is 18.0 Å². The van der Waals surface area contributed by atoms with Gasteiger partial charge in [-0.25, -0.2) is 4.68 Å². The van der Waals surface area contributed by atoms with Crippen LogP contribution in [0.4, 0.5) is 13.2 Å². The minimum Gasteiger partial charge on any atom is -0.316 e. The van der Waals surface area contributed by atoms with Crippen molar-refractivity contribution in [2.24, 2.45) is 0 Å². The van der Waals surface area contributed by atoms with E-state index < -0.39 is 11.7 Å². The van der Waals surface area contributed by atoms with E-state index >= 15 is 0 Å². The molecule has 102 valence electrons. The van der Waals surface area contributed by atoms with Gasteiger partial charge in [-0.2, -0.15) is 18.3 Å². The first-order valence-corrected chi connectivity index (χ1v) is 5.85. The molecule has 0 aliphatic heterocycles. The molecule has 0 radical (unpaired) electrons. The summed E-state index contributed by atoms with van der Waals surface area (Å²) in [6, 6.07) is 4.95. The minimum atomic E-state index is -4.39. The topological polar surface area (TPSA) is 29.9 Å². The average molecular weight is 290 g/mol. The van der Waals surface area contributed by atoms with Gasteiger partial charge in [-0.3, -0.25) is 0 Å². The van der Waals surface area contributed by atoms with Crippen molar-refractivity contribution < 1.29 is 13.2 Å². The van der Waals surface area contributed by atoms with E-state index in [9.17, 15) is 13.2 Å². The van der Waals surface area contributed by atoms with Gasteiger partial charge in [-0.1, -0.05) is 11.6 Å². The minimum absolute atomic E-state index is 0.483. The molecule has 1 N–H and O–H groups in total. The quantitative estimate of drug-likeness (QED) is 0.940. The van der Waals surface area contributed by atoms with Gasteiger partial charge in [0.05, 0.1) is 17.4 Å². The number of benzene rings is 1. The van der Waals surface area contributed by atoms with Gasteiger partial charge < -0.3 is 5.32 Å². The lowest BCUT2D eigenvalue weighted by Crippen LogP contribution is -2.09. The Morgan fingerprint density at radius 2 is 2.11 bits per heavy atom. The van der Waals surface area contributed by atoms with E-state index in [4.69, 9.17) is 11.6 Å². The fourth-order valence-corrected chi connectivity index (χ4v) is 1.91. The molecular weight excluding hydrogens is 279 g/mol. The van der Waals surface area contributed by atoms with Gasteiger partial charge >= 0.3 is 6.18 Å². The van der Waals surface area contributed by atoms with Crippen molar-refractivity contribution in [1.82, 2.24) is 15.1 Å². The SMILES string of the molecule is CNCc1cc(Cl)ccc1-n1cc(C(F)(F)F)cn1. The predicted octanol–water partition coefficient (Wildman–Crippen LogP) is 3.26. The van der Waals surface area contributed by atoms with E-state index in [1.807, 2.05) is 0 Å². The molecule has 0 aliphatic carbocycles. The van der Waals surface area contributed by atoms with E-state index in [2.05, 4.69) is 10.4 Å². The smallest absolute Gasteiger partial charge is 0.316 e. The van der Waals surface area contributed by atoms with E-state index in [1.165, 1.54) is 4.68 Å². The molecule has 0 saturated heterocycles. The van der Waals surface area contributed by atoms with Crippen LogP contribution in [0, 0.1) is 0 Å². The third-order valence-corrected chi connectivity index (χ3v) is 2.80. The van der Waals surface area contributed by atoms with Crippen molar-refractivity contribution in [3.63, 3.8) is 0 Å². The number of hydrogen-bond acceptors (Lipinski definition) is 2. The summed E-state index contributed by atoms with van der Waals surface area (Å²) in [5.41, 5.74) is 0.555. The number of aromatic nitrogens is 2. The first kappa shape index (κ1) is 13.9. The fraction of sp³-hybridized carbons (Fsp3) is 0.250. The summed E-state index contributed by atoms with van der Waals surface area (Å²) in [4.78, 5) is 0. The van der Waals surface area contributed by atoms with Crippen LogP contribution >= 0.6 is 11.6 Å². The second-order valence-electron chi connectivity index (χ2n) is 3.97. The summed E-state index contributed by atoms with van der Waals surface area (Å²) in [5.74, 6) is 0. The lowest BCUT2D eigenvalue weighted by atomic mass is 10.2. The highest BCUT2D eigenvalue weighted by atomic mass is 35.5. The van der Waals surface area contributed by atoms with Gasteiger partial charge in [-0.15, -0.1) is 0 Å². The van der Waals surface area contributed by atoms with Crippen LogP contribution in [0.5, 0.6) is 0 Å². The van der Waals surface area contributed by atoms with Gasteiger partial charge in [0.25, 0.3) is 0 Å². The lowest BCUT2D eigenvalue weighted by Gasteiger charge is -2.09. The summed E-state index contributed by atoms with van der Waals surface area (Å²) in [6.45, 7) is 0.483. The zero-order chi connectivity index (χ0) is 14.0. The first-order valence-electron chi connectivity index (χ1n) is 5.47. The van der Waals surface area contributed by atoms with Crippen LogP contribution in [0.2, 0.25) is 5.02 Å². The third-order valence-electron chi connectivity index (χ3n) is 2.57. The van der Waals surface area contributed by atoms with Crippen LogP contribution in [0.25, 0.3) is 5.69 Å². The largest absolute Gasteiger partial charge is 0.419 e. The highest BCUT2D eigenvalue weighted by Crippen LogP contribution is 2.29. The van der Waals surface area contributed by atoms with Crippen molar-refractivity contribution in [1.29, 1.82) is 0 Å². The molecule has 19 heavy (non-hydrogen) atoms. The van der Waals surface area contributed by atoms with Crippen LogP contribution in [-0.2, 0) is 12.7 Å². The highest BCUT2D eigenvalue weighted by Gasteiger charge is 2.32. The predicted molar refractivity (Wildman–Crippen MR) is 66.3 cm³/mol. The molecule has 1 heterocycles. The molecule has 3 nitrogen and oxygen atoms in total. The second-order valence-corrected chi connectivity index (χ2v) is 4.41. The van der Waals surface area contributed by atoms with Crippen LogP contribution in [0.3, 0.4) is 0 Å². The Bertz CT molecular complexity index is 578. The molecule has 0 atom stereocenters. The highest BCUT2D eigenvalue weighted by molar-refractivity contribution is 6.30. The normalized spacial score (nSPS) is 11.8. The fourth-order valence-electron chi connectivity index (χ4n) is 1.71. The van der Waals surface area contributed by atoms with Gasteiger partial charge in [0.15, 0.2) is 0 Å². The van der Waals surface area contributed by atoms with Crippen LogP contribution in [0.15, 0.2) is 30.6 Å². The molecule has 0 unspecified atom stereocenters. The van der Waals surface area contributed by atoms with Gasteiger partial charge in [0.2, 0.25) is 0 Å². The Morgan fingerprint density at radius 1 is 1.37 bits per heavy atom. The second kappa shape index (κ2) is 5.22. The Morgan fingerprint density at radius 3 is 2.68 bits per heavy atom. The third kappa shape index (κ3) is 3.08. The van der Waals surface area contributed by atoms with Crippen molar-refractivity contribution in [2.45, 2.75) is 12.7 Å².